The van der Waals surface area contributed by atoms with E-state index in [1.807, 2.05) is 0 Å². The smallest absolute Gasteiger partial charge is 0.550 e. The molecule has 0 heterocycles. The molecule has 0 aliphatic heterocycles. The number of aliphatic carboxylic acids is 1. The molecule has 0 bridgehead atoms. The van der Waals surface area contributed by atoms with E-state index in [-0.39, 0.29) is 57.8 Å². The Kier molecular flexibility index (Phi) is 11.1. The van der Waals surface area contributed by atoms with E-state index in [1.165, 1.54) is 6.92 Å². The van der Waals surface area contributed by atoms with Crippen LogP contribution in [0.3, 0.4) is 0 Å². The fourth-order valence-corrected chi connectivity index (χ4v) is 0.528. The van der Waals surface area contributed by atoms with Crippen LogP contribution in [0.25, 0.3) is 0 Å². The van der Waals surface area contributed by atoms with Gasteiger partial charge in [0.15, 0.2) is 0 Å². The maximum absolute atomic E-state index is 11.9. The first kappa shape index (κ1) is 13.6. The predicted molar refractivity (Wildman–Crippen MR) is 29.4 cm³/mol. The Hall–Kier alpha value is 1.04. The van der Waals surface area contributed by atoms with Crippen LogP contribution >= 0.6 is 0 Å². The number of halogens is 1. The van der Waals surface area contributed by atoms with Gasteiger partial charge >= 0.3 is 51.4 Å². The second-order valence-electron chi connectivity index (χ2n) is 2.05. The van der Waals surface area contributed by atoms with E-state index in [0.717, 1.165) is 0 Å². The van der Waals surface area contributed by atoms with Gasteiger partial charge in [-0.1, -0.05) is 0 Å². The van der Waals surface area contributed by atoms with Gasteiger partial charge < -0.3 is 9.90 Å². The Bertz CT molecular complexity index is 95.7. The summed E-state index contributed by atoms with van der Waals surface area (Å²) in [7, 11) is 0. The standard InChI is InChI=1S/C6H11FO2.K/c1-5(7)3-2-4-6(8)9;/h5H,2-4H2,1H3,(H,8,9);/q;+1/p-1. The maximum Gasteiger partial charge on any atom is 1.00 e. The van der Waals surface area contributed by atoms with Crippen molar-refractivity contribution in [2.24, 2.45) is 0 Å². The average Bonchev–Trinajstić information content (AvgIpc) is 1.63. The molecule has 0 amide bonds. The molecule has 0 aliphatic carbocycles. The Labute approximate surface area is 103 Å². The Morgan fingerprint density at radius 3 is 2.50 bits per heavy atom. The first-order chi connectivity index (χ1) is 4.13. The zero-order valence-electron chi connectivity index (χ0n) is 6.39. The molecule has 0 radical (unpaired) electrons. The van der Waals surface area contributed by atoms with Crippen molar-refractivity contribution >= 4 is 5.97 Å². The van der Waals surface area contributed by atoms with Crippen LogP contribution in [0.1, 0.15) is 26.2 Å². The van der Waals surface area contributed by atoms with Crippen molar-refractivity contribution in [2.45, 2.75) is 32.4 Å². The molecule has 0 aromatic rings. The van der Waals surface area contributed by atoms with Gasteiger partial charge in [-0.25, -0.2) is 4.39 Å². The van der Waals surface area contributed by atoms with E-state index in [9.17, 15) is 14.3 Å². The zero-order valence-corrected chi connectivity index (χ0v) is 9.52. The number of carboxylic acids is 1. The molecule has 54 valence electrons. The first-order valence-electron chi connectivity index (χ1n) is 2.97. The Morgan fingerprint density at radius 2 is 2.20 bits per heavy atom. The van der Waals surface area contributed by atoms with Crippen molar-refractivity contribution in [3.05, 3.63) is 0 Å². The largest absolute Gasteiger partial charge is 1.00 e. The predicted octanol–water partition coefficient (Wildman–Crippen LogP) is -2.73. The molecule has 0 aromatic carbocycles. The molecule has 10 heavy (non-hydrogen) atoms. The summed E-state index contributed by atoms with van der Waals surface area (Å²) < 4.78 is 11.9. The summed E-state index contributed by atoms with van der Waals surface area (Å²) in [4.78, 5) is 9.75. The third kappa shape index (κ3) is 11.8. The third-order valence-corrected chi connectivity index (χ3v) is 0.983. The van der Waals surface area contributed by atoms with Crippen LogP contribution in [0.2, 0.25) is 0 Å². The van der Waals surface area contributed by atoms with Gasteiger partial charge in [0.2, 0.25) is 0 Å². The molecule has 0 rings (SSSR count). The van der Waals surface area contributed by atoms with Crippen LogP contribution < -0.4 is 56.5 Å². The molecular formula is C6H10FKO2. The Balaban J connectivity index is 0. The summed E-state index contributed by atoms with van der Waals surface area (Å²) in [5.41, 5.74) is 0. The number of carbonyl (C=O) groups excluding carboxylic acids is 1. The van der Waals surface area contributed by atoms with E-state index in [2.05, 4.69) is 0 Å². The summed E-state index contributed by atoms with van der Waals surface area (Å²) >= 11 is 0. The van der Waals surface area contributed by atoms with E-state index < -0.39 is 12.1 Å². The minimum atomic E-state index is -1.10. The average molecular weight is 172 g/mol. The van der Waals surface area contributed by atoms with Gasteiger partial charge in [-0.05, 0) is 26.2 Å². The molecule has 0 spiro atoms. The number of alkyl halides is 1. The normalized spacial score (nSPS) is 11.8. The SMILES string of the molecule is CC(F)CCCC(=O)[O-].[K+]. The number of hydrogen-bond donors (Lipinski definition) is 0. The minimum absolute atomic E-state index is 0. The molecule has 0 N–H and O–H groups in total. The fraction of sp³-hybridized carbons (Fsp3) is 0.833. The van der Waals surface area contributed by atoms with Crippen LogP contribution in [0, 0.1) is 0 Å². The summed E-state index contributed by atoms with van der Waals surface area (Å²) in [5, 5.41) is 9.75. The molecule has 0 aliphatic rings. The molecule has 0 aromatic heterocycles. The van der Waals surface area contributed by atoms with Crippen LogP contribution in [0.5, 0.6) is 0 Å². The van der Waals surface area contributed by atoms with Crippen molar-refractivity contribution in [3.8, 4) is 0 Å². The van der Waals surface area contributed by atoms with Gasteiger partial charge in [-0.15, -0.1) is 0 Å². The van der Waals surface area contributed by atoms with Gasteiger partial charge in [0, 0.05) is 5.97 Å². The van der Waals surface area contributed by atoms with Gasteiger partial charge in [0.1, 0.15) is 0 Å². The van der Waals surface area contributed by atoms with Gasteiger partial charge in [0.05, 0.1) is 6.17 Å². The van der Waals surface area contributed by atoms with E-state index in [1.54, 1.807) is 0 Å². The maximum atomic E-state index is 11.9. The third-order valence-electron chi connectivity index (χ3n) is 0.983. The topological polar surface area (TPSA) is 40.1 Å². The molecule has 1 unspecified atom stereocenters. The van der Waals surface area contributed by atoms with Crippen molar-refractivity contribution in [1.29, 1.82) is 0 Å². The molecule has 0 fully saturated rings. The number of carbonyl (C=O) groups is 1. The monoisotopic (exact) mass is 172 g/mol. The number of hydrogen-bond acceptors (Lipinski definition) is 2. The summed E-state index contributed by atoms with van der Waals surface area (Å²) in [6.45, 7) is 1.41. The zero-order chi connectivity index (χ0) is 7.28. The first-order valence-corrected chi connectivity index (χ1v) is 2.97. The van der Waals surface area contributed by atoms with Crippen molar-refractivity contribution < 1.29 is 65.7 Å². The van der Waals surface area contributed by atoms with Crippen molar-refractivity contribution in [2.75, 3.05) is 0 Å². The number of rotatable bonds is 4. The molecule has 2 nitrogen and oxygen atoms in total. The van der Waals surface area contributed by atoms with Crippen LogP contribution in [-0.2, 0) is 4.79 Å². The van der Waals surface area contributed by atoms with Crippen LogP contribution in [0.15, 0.2) is 0 Å². The minimum Gasteiger partial charge on any atom is -0.550 e. The summed E-state index contributed by atoms with van der Waals surface area (Å²) in [5.74, 6) is -1.10. The Morgan fingerprint density at radius 1 is 1.70 bits per heavy atom. The van der Waals surface area contributed by atoms with Crippen molar-refractivity contribution in [3.63, 3.8) is 0 Å². The van der Waals surface area contributed by atoms with Crippen LogP contribution in [-0.4, -0.2) is 12.1 Å². The second-order valence-corrected chi connectivity index (χ2v) is 2.05. The molecular weight excluding hydrogens is 162 g/mol. The number of carboxylic acid groups (broad SMARTS) is 1. The molecule has 1 atom stereocenters. The quantitative estimate of drug-likeness (QED) is 0.432. The van der Waals surface area contributed by atoms with Crippen molar-refractivity contribution in [1.82, 2.24) is 0 Å². The van der Waals surface area contributed by atoms with Gasteiger partial charge in [-0.2, -0.15) is 0 Å². The fourth-order valence-electron chi connectivity index (χ4n) is 0.528. The van der Waals surface area contributed by atoms with Gasteiger partial charge in [-0.3, -0.25) is 0 Å². The van der Waals surface area contributed by atoms with E-state index in [4.69, 9.17) is 0 Å². The van der Waals surface area contributed by atoms with Gasteiger partial charge in [0.25, 0.3) is 0 Å². The van der Waals surface area contributed by atoms with E-state index in [0.29, 0.717) is 12.8 Å². The van der Waals surface area contributed by atoms with E-state index >= 15 is 0 Å². The molecule has 0 saturated heterocycles. The second kappa shape index (κ2) is 8.14. The summed E-state index contributed by atoms with van der Waals surface area (Å²) in [6, 6.07) is 0. The molecule has 0 saturated carbocycles. The molecule has 4 heteroatoms. The summed E-state index contributed by atoms with van der Waals surface area (Å²) in [6.07, 6.45) is -0.244. The van der Waals surface area contributed by atoms with Crippen LogP contribution in [0.4, 0.5) is 4.39 Å².